The maximum atomic E-state index is 9.54. The van der Waals surface area contributed by atoms with E-state index in [0.29, 0.717) is 11.9 Å². The summed E-state index contributed by atoms with van der Waals surface area (Å²) in [5, 5.41) is 10.1. The SMILES string of the molecule is C=C(C)COc1ccc(C(O)CBr)cc1. The number of benzene rings is 1. The summed E-state index contributed by atoms with van der Waals surface area (Å²) < 4.78 is 5.44. The van der Waals surface area contributed by atoms with Gasteiger partial charge < -0.3 is 9.84 Å². The number of aliphatic hydroxyl groups excluding tert-OH is 1. The quantitative estimate of drug-likeness (QED) is 0.658. The summed E-state index contributed by atoms with van der Waals surface area (Å²) in [5.41, 5.74) is 1.87. The number of hydrogen-bond donors (Lipinski definition) is 1. The molecule has 3 heteroatoms. The molecule has 0 amide bonds. The van der Waals surface area contributed by atoms with E-state index >= 15 is 0 Å². The standard InChI is InChI=1S/C12H15BrO2/c1-9(2)8-15-11-5-3-10(4-6-11)12(14)7-13/h3-6,12,14H,1,7-8H2,2H3. The molecule has 0 bridgehead atoms. The molecule has 1 N–H and O–H groups in total. The van der Waals surface area contributed by atoms with Crippen molar-refractivity contribution in [3.8, 4) is 5.75 Å². The van der Waals surface area contributed by atoms with Crippen molar-refractivity contribution in [1.29, 1.82) is 0 Å². The van der Waals surface area contributed by atoms with Crippen molar-refractivity contribution < 1.29 is 9.84 Å². The van der Waals surface area contributed by atoms with Crippen LogP contribution in [-0.2, 0) is 0 Å². The number of hydrogen-bond acceptors (Lipinski definition) is 2. The van der Waals surface area contributed by atoms with E-state index in [9.17, 15) is 5.11 Å². The molecule has 0 aliphatic carbocycles. The average molecular weight is 271 g/mol. The van der Waals surface area contributed by atoms with Crippen LogP contribution in [0.15, 0.2) is 36.4 Å². The fourth-order valence-electron chi connectivity index (χ4n) is 1.08. The highest BCUT2D eigenvalue weighted by Crippen LogP contribution is 2.19. The summed E-state index contributed by atoms with van der Waals surface area (Å²) in [6.07, 6.45) is -0.458. The molecule has 2 nitrogen and oxygen atoms in total. The van der Waals surface area contributed by atoms with Gasteiger partial charge >= 0.3 is 0 Å². The van der Waals surface area contributed by atoms with Crippen molar-refractivity contribution in [2.45, 2.75) is 13.0 Å². The third-order valence-corrected chi connectivity index (χ3v) is 2.51. The molecule has 0 radical (unpaired) electrons. The smallest absolute Gasteiger partial charge is 0.119 e. The van der Waals surface area contributed by atoms with Gasteiger partial charge in [-0.15, -0.1) is 0 Å². The Morgan fingerprint density at radius 3 is 2.53 bits per heavy atom. The molecule has 0 fully saturated rings. The van der Waals surface area contributed by atoms with Gasteiger partial charge in [0.05, 0.1) is 6.10 Å². The van der Waals surface area contributed by atoms with Crippen LogP contribution in [0.2, 0.25) is 0 Å². The van der Waals surface area contributed by atoms with Gasteiger partial charge in [0.1, 0.15) is 12.4 Å². The molecular formula is C12H15BrO2. The van der Waals surface area contributed by atoms with Crippen LogP contribution in [0.25, 0.3) is 0 Å². The third kappa shape index (κ3) is 4.06. The van der Waals surface area contributed by atoms with Crippen molar-refractivity contribution >= 4 is 15.9 Å². The highest BCUT2D eigenvalue weighted by Gasteiger charge is 2.04. The summed E-state index contributed by atoms with van der Waals surface area (Å²) in [7, 11) is 0. The van der Waals surface area contributed by atoms with Gasteiger partial charge in [0.2, 0.25) is 0 Å². The summed E-state index contributed by atoms with van der Waals surface area (Å²) in [4.78, 5) is 0. The first kappa shape index (κ1) is 12.3. The zero-order chi connectivity index (χ0) is 11.3. The molecule has 0 aliphatic heterocycles. The van der Waals surface area contributed by atoms with Gasteiger partial charge in [0.15, 0.2) is 0 Å². The van der Waals surface area contributed by atoms with E-state index in [-0.39, 0.29) is 0 Å². The number of halogens is 1. The predicted molar refractivity (Wildman–Crippen MR) is 65.5 cm³/mol. The molecule has 1 atom stereocenters. The molecule has 0 saturated carbocycles. The molecule has 15 heavy (non-hydrogen) atoms. The lowest BCUT2D eigenvalue weighted by Gasteiger charge is -2.09. The molecule has 0 saturated heterocycles. The van der Waals surface area contributed by atoms with Crippen molar-refractivity contribution in [3.05, 3.63) is 42.0 Å². The molecule has 82 valence electrons. The van der Waals surface area contributed by atoms with Crippen LogP contribution in [0.4, 0.5) is 0 Å². The van der Waals surface area contributed by atoms with Crippen LogP contribution < -0.4 is 4.74 Å². The Labute approximate surface area is 98.7 Å². The summed E-state index contributed by atoms with van der Waals surface area (Å²) in [6.45, 7) is 6.21. The zero-order valence-electron chi connectivity index (χ0n) is 8.74. The minimum Gasteiger partial charge on any atom is -0.489 e. The Balaban J connectivity index is 2.60. The first-order valence-corrected chi connectivity index (χ1v) is 5.87. The first-order chi connectivity index (χ1) is 7.13. The summed E-state index contributed by atoms with van der Waals surface area (Å²) in [6, 6.07) is 7.42. The third-order valence-electron chi connectivity index (χ3n) is 1.90. The molecule has 0 spiro atoms. The summed E-state index contributed by atoms with van der Waals surface area (Å²) in [5.74, 6) is 0.795. The molecule has 1 rings (SSSR count). The second kappa shape index (κ2) is 5.93. The Kier molecular flexibility index (Phi) is 4.85. The Hall–Kier alpha value is -0.800. The van der Waals surface area contributed by atoms with Gasteiger partial charge in [-0.1, -0.05) is 34.6 Å². The first-order valence-electron chi connectivity index (χ1n) is 4.74. The molecule has 0 heterocycles. The van der Waals surface area contributed by atoms with E-state index in [1.54, 1.807) is 0 Å². The lowest BCUT2D eigenvalue weighted by Crippen LogP contribution is -2.00. The zero-order valence-corrected chi connectivity index (χ0v) is 10.3. The Bertz CT molecular complexity index is 319. The minimum atomic E-state index is -0.458. The van der Waals surface area contributed by atoms with Crippen LogP contribution in [-0.4, -0.2) is 17.0 Å². The second-order valence-electron chi connectivity index (χ2n) is 3.48. The van der Waals surface area contributed by atoms with E-state index in [2.05, 4.69) is 22.5 Å². The minimum absolute atomic E-state index is 0.458. The van der Waals surface area contributed by atoms with Gasteiger partial charge in [0, 0.05) is 5.33 Å². The van der Waals surface area contributed by atoms with Crippen LogP contribution in [0.1, 0.15) is 18.6 Å². The Morgan fingerprint density at radius 1 is 1.47 bits per heavy atom. The van der Waals surface area contributed by atoms with Crippen LogP contribution in [0.5, 0.6) is 5.75 Å². The van der Waals surface area contributed by atoms with Crippen molar-refractivity contribution in [3.63, 3.8) is 0 Å². The molecule has 0 aromatic heterocycles. The van der Waals surface area contributed by atoms with E-state index in [1.165, 1.54) is 0 Å². The van der Waals surface area contributed by atoms with E-state index in [0.717, 1.165) is 16.9 Å². The topological polar surface area (TPSA) is 29.5 Å². The molecule has 0 aliphatic rings. The number of alkyl halides is 1. The fraction of sp³-hybridized carbons (Fsp3) is 0.333. The number of aliphatic hydroxyl groups is 1. The monoisotopic (exact) mass is 270 g/mol. The Morgan fingerprint density at radius 2 is 2.07 bits per heavy atom. The number of ether oxygens (including phenoxy) is 1. The normalized spacial score (nSPS) is 12.2. The van der Waals surface area contributed by atoms with Gasteiger partial charge in [-0.2, -0.15) is 0 Å². The second-order valence-corrected chi connectivity index (χ2v) is 4.13. The van der Waals surface area contributed by atoms with Crippen molar-refractivity contribution in [1.82, 2.24) is 0 Å². The van der Waals surface area contributed by atoms with Gasteiger partial charge in [-0.25, -0.2) is 0 Å². The van der Waals surface area contributed by atoms with E-state index in [1.807, 2.05) is 31.2 Å². The van der Waals surface area contributed by atoms with Crippen LogP contribution >= 0.6 is 15.9 Å². The molecular weight excluding hydrogens is 256 g/mol. The van der Waals surface area contributed by atoms with Gasteiger partial charge in [0.25, 0.3) is 0 Å². The maximum absolute atomic E-state index is 9.54. The van der Waals surface area contributed by atoms with Crippen LogP contribution in [0, 0.1) is 0 Å². The largest absolute Gasteiger partial charge is 0.489 e. The number of rotatable bonds is 5. The molecule has 1 aromatic rings. The van der Waals surface area contributed by atoms with Crippen LogP contribution in [0.3, 0.4) is 0 Å². The lowest BCUT2D eigenvalue weighted by molar-refractivity contribution is 0.205. The van der Waals surface area contributed by atoms with Gasteiger partial charge in [-0.3, -0.25) is 0 Å². The predicted octanol–water partition coefficient (Wildman–Crippen LogP) is 3.07. The summed E-state index contributed by atoms with van der Waals surface area (Å²) >= 11 is 3.23. The maximum Gasteiger partial charge on any atom is 0.119 e. The highest BCUT2D eigenvalue weighted by atomic mass is 79.9. The molecule has 1 aromatic carbocycles. The van der Waals surface area contributed by atoms with Crippen molar-refractivity contribution in [2.24, 2.45) is 0 Å². The highest BCUT2D eigenvalue weighted by molar-refractivity contribution is 9.09. The average Bonchev–Trinajstić information content (AvgIpc) is 2.26. The van der Waals surface area contributed by atoms with E-state index in [4.69, 9.17) is 4.74 Å². The van der Waals surface area contributed by atoms with Gasteiger partial charge in [-0.05, 0) is 30.2 Å². The lowest BCUT2D eigenvalue weighted by atomic mass is 10.1. The molecule has 1 unspecified atom stereocenters. The van der Waals surface area contributed by atoms with E-state index < -0.39 is 6.10 Å². The fourth-order valence-corrected chi connectivity index (χ4v) is 1.46. The van der Waals surface area contributed by atoms with Crippen molar-refractivity contribution in [2.75, 3.05) is 11.9 Å².